The molecule has 3 aromatic rings. The van der Waals surface area contributed by atoms with E-state index < -0.39 is 16.6 Å². The molecular weight excluding hydrogens is 377 g/mol. The molecule has 0 aliphatic heterocycles. The van der Waals surface area contributed by atoms with Gasteiger partial charge in [-0.05, 0) is 42.0 Å². The quantitative estimate of drug-likeness (QED) is 0.450. The van der Waals surface area contributed by atoms with E-state index in [4.69, 9.17) is 4.74 Å². The summed E-state index contributed by atoms with van der Waals surface area (Å²) in [5.74, 6) is -0.722. The highest BCUT2D eigenvalue weighted by Gasteiger charge is 2.14. The second kappa shape index (κ2) is 8.83. The molecule has 0 bridgehead atoms. The lowest BCUT2D eigenvalue weighted by Gasteiger charge is -2.10. The Morgan fingerprint density at radius 1 is 1.07 bits per heavy atom. The normalized spacial score (nSPS) is 10.3. The van der Waals surface area contributed by atoms with Gasteiger partial charge in [0, 0.05) is 35.6 Å². The van der Waals surface area contributed by atoms with E-state index in [9.17, 15) is 19.3 Å². The standard InChI is InChI=1S/C21H18FN3O4/c1-29-20-12-17(8-9-19(20)25(27)28)23-13-14-4-2-7-18(10-14)24-21(26)15-5-3-6-16(22)11-15/h2-12,23H,13H2,1H3,(H,24,26). The Hall–Kier alpha value is -3.94. The molecule has 1 amide bonds. The van der Waals surface area contributed by atoms with Crippen molar-refractivity contribution in [3.05, 3.63) is 93.8 Å². The molecule has 2 N–H and O–H groups in total. The summed E-state index contributed by atoms with van der Waals surface area (Å²) < 4.78 is 18.3. The zero-order chi connectivity index (χ0) is 20.8. The number of benzene rings is 3. The molecule has 3 rings (SSSR count). The highest BCUT2D eigenvalue weighted by atomic mass is 19.1. The number of amides is 1. The minimum Gasteiger partial charge on any atom is -0.490 e. The molecule has 0 heterocycles. The van der Waals surface area contributed by atoms with E-state index in [1.807, 2.05) is 6.07 Å². The minimum absolute atomic E-state index is 0.111. The first-order valence-corrected chi connectivity index (χ1v) is 8.68. The van der Waals surface area contributed by atoms with Gasteiger partial charge in [-0.3, -0.25) is 14.9 Å². The Labute approximate surface area is 166 Å². The van der Waals surface area contributed by atoms with Gasteiger partial charge in [0.05, 0.1) is 12.0 Å². The number of methoxy groups -OCH3 is 1. The maximum atomic E-state index is 13.3. The zero-order valence-electron chi connectivity index (χ0n) is 15.5. The summed E-state index contributed by atoms with van der Waals surface area (Å²) in [4.78, 5) is 22.7. The third-order valence-corrected chi connectivity index (χ3v) is 4.14. The number of halogens is 1. The highest BCUT2D eigenvalue weighted by molar-refractivity contribution is 6.04. The van der Waals surface area contributed by atoms with Gasteiger partial charge in [-0.15, -0.1) is 0 Å². The first kappa shape index (κ1) is 19.8. The van der Waals surface area contributed by atoms with Crippen LogP contribution in [0.2, 0.25) is 0 Å². The van der Waals surface area contributed by atoms with E-state index in [0.29, 0.717) is 17.9 Å². The molecule has 0 aromatic heterocycles. The summed E-state index contributed by atoms with van der Waals surface area (Å²) in [7, 11) is 1.37. The van der Waals surface area contributed by atoms with Crippen molar-refractivity contribution in [2.45, 2.75) is 6.54 Å². The highest BCUT2D eigenvalue weighted by Crippen LogP contribution is 2.29. The number of anilines is 2. The zero-order valence-corrected chi connectivity index (χ0v) is 15.5. The van der Waals surface area contributed by atoms with Crippen molar-refractivity contribution in [1.29, 1.82) is 0 Å². The van der Waals surface area contributed by atoms with Crippen LogP contribution < -0.4 is 15.4 Å². The molecule has 0 spiro atoms. The van der Waals surface area contributed by atoms with Gasteiger partial charge in [0.25, 0.3) is 5.91 Å². The summed E-state index contributed by atoms with van der Waals surface area (Å²) in [6.45, 7) is 0.421. The predicted octanol–water partition coefficient (Wildman–Crippen LogP) is 4.61. The first-order valence-electron chi connectivity index (χ1n) is 8.68. The molecular formula is C21H18FN3O4. The van der Waals surface area contributed by atoms with Crippen LogP contribution in [-0.2, 0) is 6.54 Å². The average molecular weight is 395 g/mol. The molecule has 0 fully saturated rings. The minimum atomic E-state index is -0.507. The predicted molar refractivity (Wildman–Crippen MR) is 108 cm³/mol. The Morgan fingerprint density at radius 3 is 2.59 bits per heavy atom. The maximum Gasteiger partial charge on any atom is 0.311 e. The van der Waals surface area contributed by atoms with E-state index in [-0.39, 0.29) is 17.0 Å². The van der Waals surface area contributed by atoms with Crippen LogP contribution >= 0.6 is 0 Å². The number of rotatable bonds is 7. The van der Waals surface area contributed by atoms with Gasteiger partial charge in [-0.25, -0.2) is 4.39 Å². The van der Waals surface area contributed by atoms with Gasteiger partial charge < -0.3 is 15.4 Å². The van der Waals surface area contributed by atoms with Gasteiger partial charge in [0.15, 0.2) is 5.75 Å². The second-order valence-electron chi connectivity index (χ2n) is 6.16. The average Bonchev–Trinajstić information content (AvgIpc) is 2.72. The lowest BCUT2D eigenvalue weighted by Crippen LogP contribution is -2.12. The van der Waals surface area contributed by atoms with Crippen molar-refractivity contribution in [2.75, 3.05) is 17.7 Å². The molecule has 7 nitrogen and oxygen atoms in total. The second-order valence-corrected chi connectivity index (χ2v) is 6.16. The van der Waals surface area contributed by atoms with E-state index >= 15 is 0 Å². The lowest BCUT2D eigenvalue weighted by atomic mass is 10.1. The van der Waals surface area contributed by atoms with E-state index in [1.165, 1.54) is 37.4 Å². The smallest absolute Gasteiger partial charge is 0.311 e. The Morgan fingerprint density at radius 2 is 1.86 bits per heavy atom. The van der Waals surface area contributed by atoms with Crippen LogP contribution in [0.3, 0.4) is 0 Å². The molecule has 148 valence electrons. The van der Waals surface area contributed by atoms with Crippen LogP contribution in [0, 0.1) is 15.9 Å². The lowest BCUT2D eigenvalue weighted by molar-refractivity contribution is -0.385. The third-order valence-electron chi connectivity index (χ3n) is 4.14. The number of ether oxygens (including phenoxy) is 1. The summed E-state index contributed by atoms with van der Waals surface area (Å²) in [5, 5.41) is 16.9. The van der Waals surface area contributed by atoms with Crippen LogP contribution in [0.5, 0.6) is 5.75 Å². The van der Waals surface area contributed by atoms with Crippen molar-refractivity contribution in [1.82, 2.24) is 0 Å². The van der Waals surface area contributed by atoms with Gasteiger partial charge in [0.1, 0.15) is 5.82 Å². The Balaban J connectivity index is 1.67. The molecule has 8 heteroatoms. The molecule has 0 atom stereocenters. The van der Waals surface area contributed by atoms with Gasteiger partial charge >= 0.3 is 5.69 Å². The molecule has 29 heavy (non-hydrogen) atoms. The fourth-order valence-corrected chi connectivity index (χ4v) is 2.73. The van der Waals surface area contributed by atoms with Gasteiger partial charge in [-0.2, -0.15) is 0 Å². The largest absolute Gasteiger partial charge is 0.490 e. The fraction of sp³-hybridized carbons (Fsp3) is 0.0952. The number of carbonyl (C=O) groups excluding carboxylic acids is 1. The first-order chi connectivity index (χ1) is 14.0. The number of nitrogens with zero attached hydrogens (tertiary/aromatic N) is 1. The SMILES string of the molecule is COc1cc(NCc2cccc(NC(=O)c3cccc(F)c3)c2)ccc1[N+](=O)[O-]. The third kappa shape index (κ3) is 5.07. The Bertz CT molecular complexity index is 1060. The molecule has 0 radical (unpaired) electrons. The van der Waals surface area contributed by atoms with Crippen molar-refractivity contribution < 1.29 is 18.8 Å². The summed E-state index contributed by atoms with van der Waals surface area (Å²) in [6, 6.07) is 17.1. The number of nitrogens with one attached hydrogen (secondary N) is 2. The summed E-state index contributed by atoms with van der Waals surface area (Å²) >= 11 is 0. The van der Waals surface area contributed by atoms with Crippen molar-refractivity contribution in [3.63, 3.8) is 0 Å². The number of nitro benzene ring substituents is 1. The molecule has 0 unspecified atom stereocenters. The number of hydrogen-bond acceptors (Lipinski definition) is 5. The number of hydrogen-bond donors (Lipinski definition) is 2. The van der Waals surface area contributed by atoms with Crippen LogP contribution in [0.25, 0.3) is 0 Å². The van der Waals surface area contributed by atoms with Crippen molar-refractivity contribution in [3.8, 4) is 5.75 Å². The molecule has 0 saturated carbocycles. The molecule has 3 aromatic carbocycles. The van der Waals surface area contributed by atoms with Crippen LogP contribution in [0.1, 0.15) is 15.9 Å². The summed E-state index contributed by atoms with van der Waals surface area (Å²) in [6.07, 6.45) is 0. The fourth-order valence-electron chi connectivity index (χ4n) is 2.73. The van der Waals surface area contributed by atoms with E-state index in [1.54, 1.807) is 30.3 Å². The molecule has 0 saturated heterocycles. The topological polar surface area (TPSA) is 93.5 Å². The van der Waals surface area contributed by atoms with E-state index in [2.05, 4.69) is 10.6 Å². The molecule has 0 aliphatic carbocycles. The van der Waals surface area contributed by atoms with Gasteiger partial charge in [0.2, 0.25) is 0 Å². The number of nitro groups is 1. The van der Waals surface area contributed by atoms with Crippen LogP contribution in [-0.4, -0.2) is 17.9 Å². The maximum absolute atomic E-state index is 13.3. The van der Waals surface area contributed by atoms with Crippen LogP contribution in [0.4, 0.5) is 21.5 Å². The van der Waals surface area contributed by atoms with Gasteiger partial charge in [-0.1, -0.05) is 18.2 Å². The summed E-state index contributed by atoms with van der Waals surface area (Å²) in [5.41, 5.74) is 2.22. The van der Waals surface area contributed by atoms with Crippen molar-refractivity contribution >= 4 is 23.0 Å². The molecule has 0 aliphatic rings. The van der Waals surface area contributed by atoms with Crippen molar-refractivity contribution in [2.24, 2.45) is 0 Å². The Kier molecular flexibility index (Phi) is 6.03. The van der Waals surface area contributed by atoms with Crippen LogP contribution in [0.15, 0.2) is 66.7 Å². The monoisotopic (exact) mass is 395 g/mol. The van der Waals surface area contributed by atoms with E-state index in [0.717, 1.165) is 5.56 Å². The number of carbonyl (C=O) groups is 1.